The van der Waals surface area contributed by atoms with Gasteiger partial charge in [-0.1, -0.05) is 95.6 Å². The fourth-order valence-electron chi connectivity index (χ4n) is 4.14. The molecule has 0 bridgehead atoms. The topological polar surface area (TPSA) is 182 Å². The van der Waals surface area contributed by atoms with Crippen molar-refractivity contribution in [1.29, 1.82) is 0 Å². The summed E-state index contributed by atoms with van der Waals surface area (Å²) in [5, 5.41) is 79.6. The lowest BCUT2D eigenvalue weighted by Gasteiger charge is -2.03. The van der Waals surface area contributed by atoms with Crippen molar-refractivity contribution in [1.82, 2.24) is 0 Å². The molecule has 318 valence electrons. The van der Waals surface area contributed by atoms with Crippen LogP contribution in [-0.4, -0.2) is 46.0 Å². The zero-order chi connectivity index (χ0) is 45.4. The van der Waals surface area contributed by atoms with E-state index in [0.717, 1.165) is 33.4 Å². The van der Waals surface area contributed by atoms with Crippen molar-refractivity contribution < 1.29 is 46.0 Å². The number of aryl methyl sites for hydroxylation is 7. The second kappa shape index (κ2) is 32.7. The molecule has 0 fully saturated rings. The first-order chi connectivity index (χ1) is 27.4. The summed E-state index contributed by atoms with van der Waals surface area (Å²) in [7, 11) is 0. The number of para-hydroxylation sites is 2. The van der Waals surface area contributed by atoms with Gasteiger partial charge >= 0.3 is 0 Å². The lowest BCUT2D eigenvalue weighted by atomic mass is 10.1. The molecule has 0 unspecified atom stereocenters. The SMILES string of the molecule is CC.CC.CC.Cc1cc(C)c(O)c(C)c1.Cc1cccc(C)c1O.Cc1cccc(C)c1O.Oc1ccc(O)cc1.Oc1ccc(O)cc1.Oc1ccc(O)cc1. The Bertz CT molecular complexity index is 1640. The van der Waals surface area contributed by atoms with E-state index in [9.17, 15) is 15.3 Å². The molecule has 0 aromatic heterocycles. The van der Waals surface area contributed by atoms with Crippen molar-refractivity contribution in [3.8, 4) is 51.7 Å². The molecule has 6 aromatic rings. The van der Waals surface area contributed by atoms with Gasteiger partial charge in [0.25, 0.3) is 0 Å². The predicted octanol–water partition coefficient (Wildman–Crippen LogP) is 12.7. The minimum atomic E-state index is 0.169. The zero-order valence-electron chi connectivity index (χ0n) is 36.6. The van der Waals surface area contributed by atoms with E-state index in [-0.39, 0.29) is 34.5 Å². The van der Waals surface area contributed by atoms with Gasteiger partial charge in [-0.2, -0.15) is 0 Å². The van der Waals surface area contributed by atoms with Gasteiger partial charge in [0.2, 0.25) is 0 Å². The number of rotatable bonds is 0. The van der Waals surface area contributed by atoms with E-state index in [1.165, 1.54) is 78.4 Å². The summed E-state index contributed by atoms with van der Waals surface area (Å²) in [6.45, 7) is 25.4. The van der Waals surface area contributed by atoms with Crippen LogP contribution in [0.15, 0.2) is 121 Å². The maximum atomic E-state index is 9.33. The zero-order valence-corrected chi connectivity index (χ0v) is 36.6. The monoisotopic (exact) mass is 800 g/mol. The summed E-state index contributed by atoms with van der Waals surface area (Å²) in [4.78, 5) is 0. The average Bonchev–Trinajstić information content (AvgIpc) is 3.22. The molecule has 6 rings (SSSR count). The average molecular weight is 801 g/mol. The van der Waals surface area contributed by atoms with Crippen molar-refractivity contribution in [3.05, 3.63) is 160 Å². The number of phenols is 9. The Labute approximate surface area is 347 Å². The molecule has 58 heavy (non-hydrogen) atoms. The Morgan fingerprint density at radius 1 is 0.241 bits per heavy atom. The van der Waals surface area contributed by atoms with Crippen LogP contribution < -0.4 is 0 Å². The maximum absolute atomic E-state index is 9.33. The molecule has 0 saturated heterocycles. The molecular formula is C49H68O9. The van der Waals surface area contributed by atoms with Gasteiger partial charge < -0.3 is 46.0 Å². The van der Waals surface area contributed by atoms with Crippen molar-refractivity contribution in [3.63, 3.8) is 0 Å². The smallest absolute Gasteiger partial charge is 0.121 e. The number of aromatic hydroxyl groups is 9. The molecule has 9 N–H and O–H groups in total. The van der Waals surface area contributed by atoms with E-state index >= 15 is 0 Å². The third kappa shape index (κ3) is 25.6. The molecule has 0 radical (unpaired) electrons. The largest absolute Gasteiger partial charge is 0.508 e. The fourth-order valence-corrected chi connectivity index (χ4v) is 4.14. The predicted molar refractivity (Wildman–Crippen MR) is 241 cm³/mol. The van der Waals surface area contributed by atoms with Gasteiger partial charge in [-0.3, -0.25) is 0 Å². The summed E-state index contributed by atoms with van der Waals surface area (Å²) < 4.78 is 0. The van der Waals surface area contributed by atoms with E-state index in [1.54, 1.807) is 0 Å². The van der Waals surface area contributed by atoms with Crippen molar-refractivity contribution in [2.24, 2.45) is 0 Å². The van der Waals surface area contributed by atoms with Crippen LogP contribution in [0.4, 0.5) is 0 Å². The van der Waals surface area contributed by atoms with Gasteiger partial charge in [0.1, 0.15) is 51.7 Å². The van der Waals surface area contributed by atoms with Crippen LogP contribution in [0, 0.1) is 48.5 Å². The lowest BCUT2D eigenvalue weighted by molar-refractivity contribution is 0.460. The highest BCUT2D eigenvalue weighted by Crippen LogP contribution is 2.22. The Hall–Kier alpha value is -6.48. The molecule has 0 amide bonds. The first-order valence-corrected chi connectivity index (χ1v) is 19.1. The Kier molecular flexibility index (Phi) is 31.5. The van der Waals surface area contributed by atoms with Crippen LogP contribution in [-0.2, 0) is 0 Å². The van der Waals surface area contributed by atoms with Gasteiger partial charge in [-0.05, 0) is 155 Å². The quantitative estimate of drug-likeness (QED) is 0.0675. The first-order valence-electron chi connectivity index (χ1n) is 19.1. The molecular weight excluding hydrogens is 733 g/mol. The molecule has 0 saturated carbocycles. The van der Waals surface area contributed by atoms with Gasteiger partial charge in [0.15, 0.2) is 0 Å². The van der Waals surface area contributed by atoms with Crippen LogP contribution in [0.1, 0.15) is 80.5 Å². The number of hydrogen-bond donors (Lipinski definition) is 9. The van der Waals surface area contributed by atoms with Crippen LogP contribution >= 0.6 is 0 Å². The van der Waals surface area contributed by atoms with Crippen LogP contribution in [0.5, 0.6) is 51.7 Å². The van der Waals surface area contributed by atoms with Crippen LogP contribution in [0.3, 0.4) is 0 Å². The Morgan fingerprint density at radius 3 is 0.552 bits per heavy atom. The van der Waals surface area contributed by atoms with Crippen LogP contribution in [0.2, 0.25) is 0 Å². The summed E-state index contributed by atoms with van der Waals surface area (Å²) in [5.74, 6) is 2.27. The summed E-state index contributed by atoms with van der Waals surface area (Å²) >= 11 is 0. The summed E-state index contributed by atoms with van der Waals surface area (Å²) in [6.07, 6.45) is 0. The van der Waals surface area contributed by atoms with E-state index in [0.29, 0.717) is 17.2 Å². The third-order valence-electron chi connectivity index (χ3n) is 7.06. The van der Waals surface area contributed by atoms with Crippen molar-refractivity contribution in [2.45, 2.75) is 90.0 Å². The van der Waals surface area contributed by atoms with E-state index in [4.69, 9.17) is 30.6 Å². The second-order valence-electron chi connectivity index (χ2n) is 11.8. The van der Waals surface area contributed by atoms with Crippen molar-refractivity contribution >= 4 is 0 Å². The molecule has 0 aliphatic carbocycles. The molecule has 9 heteroatoms. The second-order valence-corrected chi connectivity index (χ2v) is 11.8. The van der Waals surface area contributed by atoms with E-state index in [2.05, 4.69) is 0 Å². The standard InChI is InChI=1S/C9H12O.2C8H10O.3C6H6O2.3C2H6/c1-6-4-7(2)9(10)8(3)5-6;2*1-6-4-3-5-7(2)8(6)9;3*7-5-1-2-6(8)4-3-5;3*1-2/h4-5,10H,1-3H3;2*3-5,9H,1-2H3;3*1-4,7-8H;3*1-2H3. The van der Waals surface area contributed by atoms with Gasteiger partial charge in [0, 0.05) is 0 Å². The number of benzene rings is 6. The van der Waals surface area contributed by atoms with Gasteiger partial charge in [0.05, 0.1) is 0 Å². The lowest BCUT2D eigenvalue weighted by Crippen LogP contribution is -1.81. The van der Waals surface area contributed by atoms with E-state index in [1.807, 2.05) is 139 Å². The summed E-state index contributed by atoms with van der Waals surface area (Å²) in [6, 6.07) is 32.5. The summed E-state index contributed by atoms with van der Waals surface area (Å²) in [5.41, 5.74) is 6.87. The Balaban J connectivity index is -0.000000610. The number of phenolic OH excluding ortho intramolecular Hbond substituents is 9. The molecule has 0 spiro atoms. The molecule has 0 atom stereocenters. The number of hydrogen-bond acceptors (Lipinski definition) is 9. The molecule has 6 aromatic carbocycles. The van der Waals surface area contributed by atoms with Gasteiger partial charge in [-0.15, -0.1) is 0 Å². The van der Waals surface area contributed by atoms with Gasteiger partial charge in [-0.25, -0.2) is 0 Å². The van der Waals surface area contributed by atoms with Crippen LogP contribution in [0.25, 0.3) is 0 Å². The highest BCUT2D eigenvalue weighted by molar-refractivity contribution is 5.42. The third-order valence-corrected chi connectivity index (χ3v) is 7.06. The van der Waals surface area contributed by atoms with Crippen molar-refractivity contribution in [2.75, 3.05) is 0 Å². The first kappa shape index (κ1) is 55.9. The highest BCUT2D eigenvalue weighted by atomic mass is 16.3. The Morgan fingerprint density at radius 2 is 0.397 bits per heavy atom. The normalized spacial score (nSPS) is 8.71. The minimum Gasteiger partial charge on any atom is -0.508 e. The fraction of sp³-hybridized carbons (Fsp3) is 0.265. The molecule has 0 heterocycles. The highest BCUT2D eigenvalue weighted by Gasteiger charge is 1.99. The molecule has 9 nitrogen and oxygen atoms in total. The maximum Gasteiger partial charge on any atom is 0.121 e. The molecule has 0 aliphatic rings. The minimum absolute atomic E-state index is 0.169. The van der Waals surface area contributed by atoms with E-state index < -0.39 is 0 Å². The molecule has 0 aliphatic heterocycles.